The van der Waals surface area contributed by atoms with Crippen LogP contribution in [0.2, 0.25) is 0 Å². The Morgan fingerprint density at radius 3 is 2.04 bits per heavy atom. The summed E-state index contributed by atoms with van der Waals surface area (Å²) in [6.45, 7) is 6.58. The second kappa shape index (κ2) is 14.8. The number of sulfonamides is 1. The summed E-state index contributed by atoms with van der Waals surface area (Å²) in [5, 5.41) is 11.8. The molecule has 0 radical (unpaired) electrons. The largest absolute Gasteiger partial charge is 0.347 e. The van der Waals surface area contributed by atoms with Gasteiger partial charge in [-0.3, -0.25) is 19.2 Å². The van der Waals surface area contributed by atoms with Gasteiger partial charge >= 0.3 is 6.03 Å². The van der Waals surface area contributed by atoms with Crippen LogP contribution in [0, 0.1) is 28.6 Å². The number of hydrogen-bond acceptors (Lipinski definition) is 7. The van der Waals surface area contributed by atoms with Gasteiger partial charge in [0, 0.05) is 26.7 Å². The number of likely N-dealkylation sites (tertiary alicyclic amines) is 1. The van der Waals surface area contributed by atoms with Gasteiger partial charge in [0.25, 0.3) is 5.91 Å². The highest BCUT2D eigenvalue weighted by atomic mass is 32.2. The van der Waals surface area contributed by atoms with Crippen molar-refractivity contribution in [1.82, 2.24) is 30.5 Å². The van der Waals surface area contributed by atoms with Crippen LogP contribution in [0.4, 0.5) is 4.79 Å². The van der Waals surface area contributed by atoms with Crippen LogP contribution < -0.4 is 21.3 Å². The smallest absolute Gasteiger partial charge is 0.315 e. The Kier molecular flexibility index (Phi) is 11.1. The predicted molar refractivity (Wildman–Crippen MR) is 196 cm³/mol. The molecule has 14 heteroatoms. The van der Waals surface area contributed by atoms with Crippen molar-refractivity contribution in [2.45, 2.75) is 153 Å². The topological polar surface area (TPSA) is 174 Å². The normalized spacial score (nSPS) is 28.6. The van der Waals surface area contributed by atoms with Crippen LogP contribution in [0.15, 0.2) is 0 Å². The van der Waals surface area contributed by atoms with Gasteiger partial charge in [-0.05, 0) is 80.0 Å². The SMILES string of the molecule is CN(C)S(=O)(=O)CC1(NC(=O)NC(C(=O)N2CC3C(C2C(=O)NC(CCC2CC2)C(=O)C(=O)NC2CC2)C3(C)C)C2(C)CCCCC2)CCCCC1. The molecule has 1 heterocycles. The number of piperidine rings is 1. The lowest BCUT2D eigenvalue weighted by atomic mass is 9.70. The van der Waals surface area contributed by atoms with Gasteiger partial charge in [-0.2, -0.15) is 0 Å². The third kappa shape index (κ3) is 8.47. The standard InChI is InChI=1S/C38H62N6O7S/c1-36(2)26-22-44(29(28(26)36)32(46)40-27(17-14-24-12-13-24)30(45)33(47)39-25-15-16-25)34(48)31(37(3)18-8-6-9-19-37)41-35(49)42-38(20-10-7-11-21-38)23-52(50,51)43(4)5/h24-29,31H,6-23H2,1-5H3,(H,39,47)(H,40,46)(H2,41,42,49). The zero-order chi connectivity index (χ0) is 37.6. The van der Waals surface area contributed by atoms with Crippen LogP contribution in [0.5, 0.6) is 0 Å². The molecule has 6 aliphatic rings. The number of Topliss-reactive ketones (excluding diaryl/α,β-unsaturated/α-hetero) is 1. The van der Waals surface area contributed by atoms with Gasteiger partial charge in [0.05, 0.1) is 17.3 Å². The van der Waals surface area contributed by atoms with Crippen molar-refractivity contribution in [2.75, 3.05) is 26.4 Å². The molecule has 0 bridgehead atoms. The minimum absolute atomic E-state index is 0.0142. The van der Waals surface area contributed by atoms with Gasteiger partial charge in [-0.1, -0.05) is 72.1 Å². The molecule has 5 amide bonds. The Hall–Kier alpha value is -2.74. The molecular formula is C38H62N6O7S. The van der Waals surface area contributed by atoms with E-state index >= 15 is 0 Å². The number of hydrogen-bond donors (Lipinski definition) is 4. The highest BCUT2D eigenvalue weighted by Crippen LogP contribution is 2.65. The van der Waals surface area contributed by atoms with E-state index in [0.29, 0.717) is 31.7 Å². The quantitative estimate of drug-likeness (QED) is 0.186. The maximum absolute atomic E-state index is 14.9. The molecule has 292 valence electrons. The maximum Gasteiger partial charge on any atom is 0.315 e. The number of rotatable bonds is 15. The summed E-state index contributed by atoms with van der Waals surface area (Å²) in [6.07, 6.45) is 12.9. The number of nitrogens with one attached hydrogen (secondary N) is 4. The van der Waals surface area contributed by atoms with Crippen molar-refractivity contribution in [3.63, 3.8) is 0 Å². The number of ketones is 1. The van der Waals surface area contributed by atoms with E-state index in [4.69, 9.17) is 0 Å². The lowest BCUT2D eigenvalue weighted by Gasteiger charge is -2.44. The molecule has 0 aromatic carbocycles. The van der Waals surface area contributed by atoms with E-state index in [1.165, 1.54) is 18.4 Å². The van der Waals surface area contributed by atoms with Crippen molar-refractivity contribution in [3.05, 3.63) is 0 Å². The van der Waals surface area contributed by atoms with Crippen molar-refractivity contribution >= 4 is 39.6 Å². The molecule has 5 aliphatic carbocycles. The van der Waals surface area contributed by atoms with E-state index in [0.717, 1.165) is 83.5 Å². The second-order valence-corrected chi connectivity index (χ2v) is 20.4. The number of carbonyl (C=O) groups is 5. The van der Waals surface area contributed by atoms with Gasteiger partial charge < -0.3 is 26.2 Å². The molecule has 0 spiro atoms. The maximum atomic E-state index is 14.9. The average Bonchev–Trinajstić information content (AvgIpc) is 4.04. The molecule has 6 fully saturated rings. The number of amides is 5. The molecule has 6 rings (SSSR count). The molecular weight excluding hydrogens is 685 g/mol. The molecule has 1 aliphatic heterocycles. The Labute approximate surface area is 309 Å². The van der Waals surface area contributed by atoms with Gasteiger partial charge in [0.1, 0.15) is 12.1 Å². The molecule has 5 saturated carbocycles. The fourth-order valence-electron chi connectivity index (χ4n) is 9.56. The van der Waals surface area contributed by atoms with Crippen molar-refractivity contribution in [3.8, 4) is 0 Å². The first kappa shape index (κ1) is 39.0. The second-order valence-electron chi connectivity index (χ2n) is 18.2. The van der Waals surface area contributed by atoms with Crippen LogP contribution in [0.1, 0.15) is 124 Å². The Balaban J connectivity index is 1.23. The fourth-order valence-corrected chi connectivity index (χ4v) is 10.9. The zero-order valence-corrected chi connectivity index (χ0v) is 32.7. The summed E-state index contributed by atoms with van der Waals surface area (Å²) < 4.78 is 27.3. The molecule has 13 nitrogen and oxygen atoms in total. The van der Waals surface area contributed by atoms with Gasteiger partial charge in [0.15, 0.2) is 0 Å². The highest BCUT2D eigenvalue weighted by Gasteiger charge is 2.70. The summed E-state index contributed by atoms with van der Waals surface area (Å²) in [7, 11) is -0.643. The monoisotopic (exact) mass is 746 g/mol. The summed E-state index contributed by atoms with van der Waals surface area (Å²) in [5.74, 6) is -1.81. The van der Waals surface area contributed by atoms with Gasteiger partial charge in [0.2, 0.25) is 27.6 Å². The fraction of sp³-hybridized carbons (Fsp3) is 0.868. The van der Waals surface area contributed by atoms with Crippen LogP contribution in [-0.4, -0.2) is 103 Å². The van der Waals surface area contributed by atoms with Gasteiger partial charge in [-0.15, -0.1) is 0 Å². The number of carbonyl (C=O) groups excluding carboxylic acids is 5. The van der Waals surface area contributed by atoms with E-state index < -0.39 is 62.7 Å². The van der Waals surface area contributed by atoms with Crippen LogP contribution >= 0.6 is 0 Å². The summed E-state index contributed by atoms with van der Waals surface area (Å²) >= 11 is 0. The minimum atomic E-state index is -3.63. The third-order valence-electron chi connectivity index (χ3n) is 13.5. The van der Waals surface area contributed by atoms with E-state index in [9.17, 15) is 32.4 Å². The number of nitrogens with zero attached hydrogens (tertiary/aromatic N) is 2. The number of fused-ring (bicyclic) bond motifs is 1. The molecule has 52 heavy (non-hydrogen) atoms. The minimum Gasteiger partial charge on any atom is -0.347 e. The Bertz CT molecular complexity index is 1510. The van der Waals surface area contributed by atoms with Crippen LogP contribution in [0.3, 0.4) is 0 Å². The Morgan fingerprint density at radius 2 is 1.46 bits per heavy atom. The Morgan fingerprint density at radius 1 is 0.846 bits per heavy atom. The highest BCUT2D eigenvalue weighted by molar-refractivity contribution is 7.89. The molecule has 5 unspecified atom stereocenters. The van der Waals surface area contributed by atoms with Crippen molar-refractivity contribution in [1.29, 1.82) is 0 Å². The van der Waals surface area contributed by atoms with Crippen LogP contribution in [0.25, 0.3) is 0 Å². The first-order chi connectivity index (χ1) is 24.5. The first-order valence-corrected chi connectivity index (χ1v) is 21.5. The molecule has 5 atom stereocenters. The van der Waals surface area contributed by atoms with Gasteiger partial charge in [-0.25, -0.2) is 17.5 Å². The molecule has 0 aromatic rings. The summed E-state index contributed by atoms with van der Waals surface area (Å²) in [5.41, 5.74) is -1.72. The van der Waals surface area contributed by atoms with Crippen molar-refractivity contribution < 1.29 is 32.4 Å². The van der Waals surface area contributed by atoms with Crippen molar-refractivity contribution in [2.24, 2.45) is 28.6 Å². The van der Waals surface area contributed by atoms with E-state index in [1.807, 2.05) is 6.92 Å². The summed E-state index contributed by atoms with van der Waals surface area (Å²) in [6, 6.07) is -3.30. The predicted octanol–water partition coefficient (Wildman–Crippen LogP) is 3.22. The lowest BCUT2D eigenvalue weighted by Crippen LogP contribution is -2.65. The molecule has 4 N–H and O–H groups in total. The molecule has 1 saturated heterocycles. The van der Waals surface area contributed by atoms with E-state index in [2.05, 4.69) is 35.1 Å². The van der Waals surface area contributed by atoms with Crippen LogP contribution in [-0.2, 0) is 29.2 Å². The zero-order valence-electron chi connectivity index (χ0n) is 31.9. The lowest BCUT2D eigenvalue weighted by molar-refractivity contribution is -0.146. The number of urea groups is 1. The third-order valence-corrected chi connectivity index (χ3v) is 15.5. The summed E-state index contributed by atoms with van der Waals surface area (Å²) in [4.78, 5) is 71.2. The first-order valence-electron chi connectivity index (χ1n) is 19.9. The van der Waals surface area contributed by atoms with E-state index in [1.54, 1.807) is 4.90 Å². The van der Waals surface area contributed by atoms with E-state index in [-0.39, 0.29) is 35.0 Å². The average molecular weight is 747 g/mol. The molecule has 0 aromatic heterocycles.